The van der Waals surface area contributed by atoms with Crippen LogP contribution in [0.3, 0.4) is 0 Å². The van der Waals surface area contributed by atoms with Crippen molar-refractivity contribution in [1.29, 1.82) is 0 Å². The molecule has 0 aliphatic heterocycles. The highest BCUT2D eigenvalue weighted by Gasteiger charge is 2.29. The van der Waals surface area contributed by atoms with Gasteiger partial charge in [-0.1, -0.05) is 12.5 Å². The Morgan fingerprint density at radius 1 is 1.36 bits per heavy atom. The highest BCUT2D eigenvalue weighted by molar-refractivity contribution is 5.37. The molecule has 1 aliphatic rings. The lowest BCUT2D eigenvalue weighted by Gasteiger charge is -2.17. The molecule has 0 spiro atoms. The molecule has 1 aromatic carbocycles. The number of halogens is 1. The van der Waals surface area contributed by atoms with Crippen LogP contribution in [0.4, 0.5) is 4.39 Å². The van der Waals surface area contributed by atoms with Crippen LogP contribution in [0.5, 0.6) is 5.75 Å². The Bertz CT molecular complexity index is 320. The van der Waals surface area contributed by atoms with E-state index in [4.69, 9.17) is 5.73 Å². The van der Waals surface area contributed by atoms with Crippen molar-refractivity contribution >= 4 is 0 Å². The van der Waals surface area contributed by atoms with E-state index in [1.807, 2.05) is 0 Å². The summed E-state index contributed by atoms with van der Waals surface area (Å²) in [5, 5.41) is 9.57. The molecule has 2 rings (SSSR count). The Hall–Kier alpha value is -1.09. The minimum atomic E-state index is -0.340. The third kappa shape index (κ3) is 1.48. The molecule has 2 nitrogen and oxygen atoms in total. The predicted molar refractivity (Wildman–Crippen MR) is 52.6 cm³/mol. The van der Waals surface area contributed by atoms with E-state index in [1.165, 1.54) is 18.2 Å². The van der Waals surface area contributed by atoms with Crippen LogP contribution in [0.2, 0.25) is 0 Å². The van der Waals surface area contributed by atoms with Crippen molar-refractivity contribution in [2.75, 3.05) is 0 Å². The zero-order valence-corrected chi connectivity index (χ0v) is 7.91. The number of aromatic hydroxyl groups is 1. The summed E-state index contributed by atoms with van der Waals surface area (Å²) in [6.45, 7) is 0. The second kappa shape index (κ2) is 3.58. The van der Waals surface area contributed by atoms with Crippen LogP contribution < -0.4 is 5.73 Å². The molecule has 0 amide bonds. The molecule has 2 unspecified atom stereocenters. The largest absolute Gasteiger partial charge is 0.508 e. The molecule has 14 heavy (non-hydrogen) atoms. The Morgan fingerprint density at radius 2 is 2.14 bits per heavy atom. The number of phenols is 1. The van der Waals surface area contributed by atoms with E-state index in [9.17, 15) is 9.50 Å². The quantitative estimate of drug-likeness (QED) is 0.721. The second-order valence-corrected chi connectivity index (χ2v) is 3.87. The first-order valence-corrected chi connectivity index (χ1v) is 4.93. The SMILES string of the molecule is NC1CCCC1c1c(O)cccc1F. The van der Waals surface area contributed by atoms with Gasteiger partial charge in [0.25, 0.3) is 0 Å². The average molecular weight is 195 g/mol. The smallest absolute Gasteiger partial charge is 0.130 e. The van der Waals surface area contributed by atoms with Gasteiger partial charge in [0.15, 0.2) is 0 Å². The maximum absolute atomic E-state index is 13.5. The molecule has 0 aromatic heterocycles. The highest BCUT2D eigenvalue weighted by Crippen LogP contribution is 2.38. The zero-order chi connectivity index (χ0) is 10.1. The molecule has 0 heterocycles. The van der Waals surface area contributed by atoms with E-state index in [0.717, 1.165) is 19.3 Å². The Kier molecular flexibility index (Phi) is 2.42. The van der Waals surface area contributed by atoms with Gasteiger partial charge in [0.05, 0.1) is 0 Å². The van der Waals surface area contributed by atoms with E-state index < -0.39 is 0 Å². The van der Waals surface area contributed by atoms with Crippen molar-refractivity contribution < 1.29 is 9.50 Å². The molecule has 1 aliphatic carbocycles. The van der Waals surface area contributed by atoms with Crippen LogP contribution in [0.25, 0.3) is 0 Å². The number of hydrogen-bond donors (Lipinski definition) is 2. The molecule has 3 N–H and O–H groups in total. The summed E-state index contributed by atoms with van der Waals surface area (Å²) in [7, 11) is 0. The van der Waals surface area contributed by atoms with Crippen LogP contribution in [0.1, 0.15) is 30.7 Å². The minimum Gasteiger partial charge on any atom is -0.508 e. The summed E-state index contributed by atoms with van der Waals surface area (Å²) in [4.78, 5) is 0. The second-order valence-electron chi connectivity index (χ2n) is 3.87. The van der Waals surface area contributed by atoms with E-state index in [2.05, 4.69) is 0 Å². The highest BCUT2D eigenvalue weighted by atomic mass is 19.1. The van der Waals surface area contributed by atoms with Crippen LogP contribution in [0.15, 0.2) is 18.2 Å². The molecule has 1 saturated carbocycles. The molecule has 1 fully saturated rings. The van der Waals surface area contributed by atoms with Crippen LogP contribution >= 0.6 is 0 Å². The first-order chi connectivity index (χ1) is 6.70. The lowest BCUT2D eigenvalue weighted by atomic mass is 9.93. The van der Waals surface area contributed by atoms with Gasteiger partial charge in [-0.05, 0) is 25.0 Å². The summed E-state index contributed by atoms with van der Waals surface area (Å²) in [6, 6.07) is 4.39. The maximum atomic E-state index is 13.5. The fraction of sp³-hybridized carbons (Fsp3) is 0.455. The number of nitrogens with two attached hydrogens (primary N) is 1. The number of benzene rings is 1. The van der Waals surface area contributed by atoms with Gasteiger partial charge in [-0.25, -0.2) is 4.39 Å². The zero-order valence-electron chi connectivity index (χ0n) is 7.91. The van der Waals surface area contributed by atoms with Gasteiger partial charge in [-0.2, -0.15) is 0 Å². The molecule has 3 heteroatoms. The van der Waals surface area contributed by atoms with Gasteiger partial charge < -0.3 is 10.8 Å². The maximum Gasteiger partial charge on any atom is 0.130 e. The molecule has 76 valence electrons. The van der Waals surface area contributed by atoms with Crippen molar-refractivity contribution in [1.82, 2.24) is 0 Å². The van der Waals surface area contributed by atoms with Crippen LogP contribution in [-0.4, -0.2) is 11.1 Å². The first-order valence-electron chi connectivity index (χ1n) is 4.93. The molecule has 1 aromatic rings. The third-order valence-electron chi connectivity index (χ3n) is 2.97. The number of rotatable bonds is 1. The van der Waals surface area contributed by atoms with Crippen molar-refractivity contribution in [3.8, 4) is 5.75 Å². The van der Waals surface area contributed by atoms with Gasteiger partial charge in [-0.15, -0.1) is 0 Å². The van der Waals surface area contributed by atoms with E-state index >= 15 is 0 Å². The normalized spacial score (nSPS) is 26.7. The van der Waals surface area contributed by atoms with Crippen LogP contribution in [-0.2, 0) is 0 Å². The summed E-state index contributed by atoms with van der Waals surface area (Å²) in [6.07, 6.45) is 2.80. The lowest BCUT2D eigenvalue weighted by molar-refractivity contribution is 0.442. The van der Waals surface area contributed by atoms with E-state index in [0.29, 0.717) is 5.56 Å². The fourth-order valence-corrected chi connectivity index (χ4v) is 2.24. The van der Waals surface area contributed by atoms with Gasteiger partial charge in [-0.3, -0.25) is 0 Å². The topological polar surface area (TPSA) is 46.2 Å². The number of hydrogen-bond acceptors (Lipinski definition) is 2. The monoisotopic (exact) mass is 195 g/mol. The van der Waals surface area contributed by atoms with Crippen LogP contribution in [0, 0.1) is 5.82 Å². The van der Waals surface area contributed by atoms with Crippen molar-refractivity contribution in [3.63, 3.8) is 0 Å². The standard InChI is InChI=1S/C11H14FNO/c12-8-4-2-6-10(14)11(8)7-3-1-5-9(7)13/h2,4,6-7,9,14H,1,3,5,13H2. The summed E-state index contributed by atoms with van der Waals surface area (Å²) < 4.78 is 13.5. The van der Waals surface area contributed by atoms with E-state index in [1.54, 1.807) is 0 Å². The van der Waals surface area contributed by atoms with E-state index in [-0.39, 0.29) is 23.5 Å². The Balaban J connectivity index is 2.39. The molecule has 0 radical (unpaired) electrons. The van der Waals surface area contributed by atoms with Gasteiger partial charge in [0.1, 0.15) is 11.6 Å². The summed E-state index contributed by atoms with van der Waals surface area (Å²) >= 11 is 0. The molecule has 0 saturated heterocycles. The van der Waals surface area contributed by atoms with Crippen molar-refractivity contribution in [2.24, 2.45) is 5.73 Å². The van der Waals surface area contributed by atoms with Gasteiger partial charge in [0.2, 0.25) is 0 Å². The summed E-state index contributed by atoms with van der Waals surface area (Å²) in [5.74, 6) is -0.323. The van der Waals surface area contributed by atoms with Gasteiger partial charge >= 0.3 is 0 Å². The molecular formula is C11H14FNO. The molecule has 0 bridgehead atoms. The first kappa shape index (κ1) is 9.46. The summed E-state index contributed by atoms with van der Waals surface area (Å²) in [5.41, 5.74) is 6.27. The third-order valence-corrected chi connectivity index (χ3v) is 2.97. The Labute approximate surface area is 82.5 Å². The lowest BCUT2D eigenvalue weighted by Crippen LogP contribution is -2.23. The molecule has 2 atom stereocenters. The van der Waals surface area contributed by atoms with Gasteiger partial charge in [0, 0.05) is 17.5 Å². The predicted octanol–water partition coefficient (Wildman–Crippen LogP) is 2.13. The van der Waals surface area contributed by atoms with Crippen molar-refractivity contribution in [3.05, 3.63) is 29.6 Å². The average Bonchev–Trinajstić information content (AvgIpc) is 2.52. The van der Waals surface area contributed by atoms with Crippen molar-refractivity contribution in [2.45, 2.75) is 31.2 Å². The Morgan fingerprint density at radius 3 is 2.71 bits per heavy atom. The fourth-order valence-electron chi connectivity index (χ4n) is 2.24. The number of phenolic OH excluding ortho intramolecular Hbond substituents is 1. The molecular weight excluding hydrogens is 181 g/mol. The minimum absolute atomic E-state index is 0.0159.